The summed E-state index contributed by atoms with van der Waals surface area (Å²) in [5.41, 5.74) is 7.97. The Bertz CT molecular complexity index is 586. The van der Waals surface area contributed by atoms with Gasteiger partial charge in [-0.2, -0.15) is 0 Å². The molecule has 4 heteroatoms. The molecular formula is C16H18BrFN2. The van der Waals surface area contributed by atoms with Crippen molar-refractivity contribution in [1.82, 2.24) is 4.90 Å². The van der Waals surface area contributed by atoms with Crippen molar-refractivity contribution in [3.63, 3.8) is 0 Å². The van der Waals surface area contributed by atoms with Crippen molar-refractivity contribution < 1.29 is 4.39 Å². The number of nitrogens with zero attached hydrogens (tertiary/aromatic N) is 1. The van der Waals surface area contributed by atoms with Crippen molar-refractivity contribution in [3.8, 4) is 0 Å². The SMILES string of the molecule is CN(Cc1ccccc1Br)Cc1cccc(CN)c1F. The summed E-state index contributed by atoms with van der Waals surface area (Å²) in [7, 11) is 1.98. The summed E-state index contributed by atoms with van der Waals surface area (Å²) in [5, 5.41) is 0. The van der Waals surface area contributed by atoms with E-state index in [2.05, 4.69) is 26.9 Å². The fraction of sp³-hybridized carbons (Fsp3) is 0.250. The minimum Gasteiger partial charge on any atom is -0.326 e. The fourth-order valence-electron chi connectivity index (χ4n) is 2.18. The van der Waals surface area contributed by atoms with Gasteiger partial charge in [-0.3, -0.25) is 4.90 Å². The summed E-state index contributed by atoms with van der Waals surface area (Å²) >= 11 is 3.53. The molecule has 0 atom stereocenters. The Kier molecular flexibility index (Phi) is 5.29. The largest absolute Gasteiger partial charge is 0.326 e. The molecule has 0 aliphatic heterocycles. The minimum absolute atomic E-state index is 0.186. The lowest BCUT2D eigenvalue weighted by Gasteiger charge is -2.18. The zero-order chi connectivity index (χ0) is 14.5. The van der Waals surface area contributed by atoms with E-state index < -0.39 is 0 Å². The molecule has 0 radical (unpaired) electrons. The van der Waals surface area contributed by atoms with Crippen molar-refractivity contribution in [2.24, 2.45) is 5.73 Å². The first-order valence-electron chi connectivity index (χ1n) is 6.50. The first kappa shape index (κ1) is 15.2. The third-order valence-corrected chi connectivity index (χ3v) is 3.99. The second kappa shape index (κ2) is 6.97. The van der Waals surface area contributed by atoms with E-state index in [1.165, 1.54) is 5.56 Å². The van der Waals surface area contributed by atoms with Crippen LogP contribution in [0.15, 0.2) is 46.9 Å². The molecule has 2 aromatic carbocycles. The first-order valence-corrected chi connectivity index (χ1v) is 7.29. The third-order valence-electron chi connectivity index (χ3n) is 3.22. The molecule has 2 aromatic rings. The monoisotopic (exact) mass is 336 g/mol. The van der Waals surface area contributed by atoms with E-state index in [1.54, 1.807) is 6.07 Å². The van der Waals surface area contributed by atoms with Crippen molar-refractivity contribution >= 4 is 15.9 Å². The molecule has 20 heavy (non-hydrogen) atoms. The lowest BCUT2D eigenvalue weighted by atomic mass is 10.1. The molecule has 0 saturated carbocycles. The molecule has 0 spiro atoms. The summed E-state index contributed by atoms with van der Waals surface area (Å²) in [6, 6.07) is 13.5. The number of hydrogen-bond acceptors (Lipinski definition) is 2. The summed E-state index contributed by atoms with van der Waals surface area (Å²) in [5.74, 6) is -0.186. The molecule has 2 rings (SSSR count). The molecule has 106 valence electrons. The molecule has 0 fully saturated rings. The van der Waals surface area contributed by atoms with Gasteiger partial charge in [0.1, 0.15) is 5.82 Å². The lowest BCUT2D eigenvalue weighted by Crippen LogP contribution is -2.19. The van der Waals surface area contributed by atoms with E-state index >= 15 is 0 Å². The standard InChI is InChI=1S/C16H18BrFN2/c1-20(10-13-5-2-3-8-15(13)17)11-14-7-4-6-12(9-19)16(14)18/h2-8H,9-11,19H2,1H3. The van der Waals surface area contributed by atoms with Gasteiger partial charge in [-0.05, 0) is 18.7 Å². The van der Waals surface area contributed by atoms with Gasteiger partial charge in [0, 0.05) is 35.2 Å². The predicted molar refractivity (Wildman–Crippen MR) is 83.6 cm³/mol. The highest BCUT2D eigenvalue weighted by atomic mass is 79.9. The maximum atomic E-state index is 14.1. The van der Waals surface area contributed by atoms with Crippen LogP contribution in [-0.4, -0.2) is 11.9 Å². The normalized spacial score (nSPS) is 11.1. The van der Waals surface area contributed by atoms with E-state index in [0.29, 0.717) is 17.7 Å². The molecular weight excluding hydrogens is 319 g/mol. The molecule has 0 amide bonds. The third kappa shape index (κ3) is 3.66. The molecule has 2 nitrogen and oxygen atoms in total. The highest BCUT2D eigenvalue weighted by molar-refractivity contribution is 9.10. The van der Waals surface area contributed by atoms with Gasteiger partial charge in [-0.1, -0.05) is 52.3 Å². The van der Waals surface area contributed by atoms with Gasteiger partial charge in [-0.25, -0.2) is 4.39 Å². The fourth-order valence-corrected chi connectivity index (χ4v) is 2.59. The average Bonchev–Trinajstić information content (AvgIpc) is 2.44. The van der Waals surface area contributed by atoms with Crippen LogP contribution in [0, 0.1) is 5.82 Å². The zero-order valence-electron chi connectivity index (χ0n) is 11.4. The second-order valence-corrected chi connectivity index (χ2v) is 5.71. The van der Waals surface area contributed by atoms with Crippen LogP contribution in [-0.2, 0) is 19.6 Å². The molecule has 0 aromatic heterocycles. The van der Waals surface area contributed by atoms with Gasteiger partial charge >= 0.3 is 0 Å². The van der Waals surface area contributed by atoms with Crippen LogP contribution in [0.1, 0.15) is 16.7 Å². The van der Waals surface area contributed by atoms with E-state index in [1.807, 2.05) is 37.4 Å². The Labute approximate surface area is 127 Å². The van der Waals surface area contributed by atoms with Gasteiger partial charge < -0.3 is 5.73 Å². The van der Waals surface area contributed by atoms with Crippen LogP contribution in [0.25, 0.3) is 0 Å². The van der Waals surface area contributed by atoms with Gasteiger partial charge in [0.05, 0.1) is 0 Å². The quantitative estimate of drug-likeness (QED) is 0.902. The number of nitrogens with two attached hydrogens (primary N) is 1. The minimum atomic E-state index is -0.186. The number of benzene rings is 2. The molecule has 2 N–H and O–H groups in total. The average molecular weight is 337 g/mol. The van der Waals surface area contributed by atoms with Crippen molar-refractivity contribution in [2.45, 2.75) is 19.6 Å². The Morgan fingerprint density at radius 2 is 1.60 bits per heavy atom. The summed E-state index contributed by atoms with van der Waals surface area (Å²) in [4.78, 5) is 2.08. The maximum absolute atomic E-state index is 14.1. The van der Waals surface area contributed by atoms with E-state index in [-0.39, 0.29) is 12.4 Å². The summed E-state index contributed by atoms with van der Waals surface area (Å²) in [6.07, 6.45) is 0. The molecule has 0 heterocycles. The molecule has 0 unspecified atom stereocenters. The van der Waals surface area contributed by atoms with Crippen LogP contribution < -0.4 is 5.73 Å². The van der Waals surface area contributed by atoms with E-state index in [0.717, 1.165) is 11.0 Å². The van der Waals surface area contributed by atoms with Gasteiger partial charge in [0.15, 0.2) is 0 Å². The predicted octanol–water partition coefficient (Wildman–Crippen LogP) is 3.68. The van der Waals surface area contributed by atoms with Gasteiger partial charge in [0.25, 0.3) is 0 Å². The Hall–Kier alpha value is -1.23. The molecule has 0 bridgehead atoms. The second-order valence-electron chi connectivity index (χ2n) is 4.86. The Morgan fingerprint density at radius 3 is 2.30 bits per heavy atom. The van der Waals surface area contributed by atoms with Crippen LogP contribution in [0.2, 0.25) is 0 Å². The van der Waals surface area contributed by atoms with E-state index in [9.17, 15) is 4.39 Å². The van der Waals surface area contributed by atoms with Crippen molar-refractivity contribution in [2.75, 3.05) is 7.05 Å². The summed E-state index contributed by atoms with van der Waals surface area (Å²) < 4.78 is 15.2. The van der Waals surface area contributed by atoms with Gasteiger partial charge in [0.2, 0.25) is 0 Å². The zero-order valence-corrected chi connectivity index (χ0v) is 13.0. The van der Waals surface area contributed by atoms with Crippen LogP contribution in [0.5, 0.6) is 0 Å². The van der Waals surface area contributed by atoms with Crippen molar-refractivity contribution in [3.05, 3.63) is 69.4 Å². The summed E-state index contributed by atoms with van der Waals surface area (Å²) in [6.45, 7) is 1.54. The van der Waals surface area contributed by atoms with Crippen LogP contribution in [0.3, 0.4) is 0 Å². The van der Waals surface area contributed by atoms with Crippen LogP contribution in [0.4, 0.5) is 4.39 Å². The molecule has 0 aliphatic carbocycles. The highest BCUT2D eigenvalue weighted by Gasteiger charge is 2.10. The molecule has 0 aliphatic rings. The van der Waals surface area contributed by atoms with Gasteiger partial charge in [-0.15, -0.1) is 0 Å². The van der Waals surface area contributed by atoms with Crippen LogP contribution >= 0.6 is 15.9 Å². The lowest BCUT2D eigenvalue weighted by molar-refractivity contribution is 0.312. The Balaban J connectivity index is 2.09. The molecule has 0 saturated heterocycles. The maximum Gasteiger partial charge on any atom is 0.132 e. The number of rotatable bonds is 5. The smallest absolute Gasteiger partial charge is 0.132 e. The first-order chi connectivity index (χ1) is 9.61. The van der Waals surface area contributed by atoms with E-state index in [4.69, 9.17) is 5.73 Å². The number of halogens is 2. The topological polar surface area (TPSA) is 29.3 Å². The highest BCUT2D eigenvalue weighted by Crippen LogP contribution is 2.19. The van der Waals surface area contributed by atoms with Crippen molar-refractivity contribution in [1.29, 1.82) is 0 Å². The Morgan fingerprint density at radius 1 is 1.00 bits per heavy atom. The number of hydrogen-bond donors (Lipinski definition) is 1.